The molecule has 1 heterocycles. The zero-order valence-corrected chi connectivity index (χ0v) is 11.7. The molecule has 0 atom stereocenters. The second kappa shape index (κ2) is 9.56. The van der Waals surface area contributed by atoms with Crippen molar-refractivity contribution in [3.05, 3.63) is 42.4 Å². The molecule has 0 aliphatic carbocycles. The zero-order valence-electron chi connectivity index (χ0n) is 9.18. The van der Waals surface area contributed by atoms with Gasteiger partial charge in [-0.1, -0.05) is 44.9 Å². The minimum absolute atomic E-state index is 0. The second-order valence-corrected chi connectivity index (χ2v) is 2.91. The van der Waals surface area contributed by atoms with Crippen LogP contribution in [0.25, 0.3) is 0 Å². The summed E-state index contributed by atoms with van der Waals surface area (Å²) in [7, 11) is 0. The molecule has 3 heteroatoms. The zero-order chi connectivity index (χ0) is 10.8. The van der Waals surface area contributed by atoms with Crippen LogP contribution in [-0.4, -0.2) is 4.98 Å². The standard InChI is InChI=1S/C6H7N2.C6H10.Es/c1-5-2-6(7)4-8-3-5;1-3-5-6-4-2;/h2-3H,7H2,1H3;5H,1,4,6H2,2H3;/q-1;;. The maximum atomic E-state index is 5.34. The van der Waals surface area contributed by atoms with Gasteiger partial charge in [-0.05, 0) is 12.5 Å². The van der Waals surface area contributed by atoms with E-state index in [1.807, 2.05) is 19.1 Å². The number of nitrogen functional groups attached to an aromatic ring is 1. The number of allylic oxidation sites excluding steroid dienone is 1. The molecule has 15 heavy (non-hydrogen) atoms. The van der Waals surface area contributed by atoms with Crippen molar-refractivity contribution >= 4 is 5.69 Å². The average Bonchev–Trinajstić information content (AvgIpc) is 2.15. The number of aryl methyl sites for hydroxylation is 1. The Morgan fingerprint density at radius 2 is 2.33 bits per heavy atom. The van der Waals surface area contributed by atoms with E-state index in [1.165, 1.54) is 6.42 Å². The fraction of sp³-hybridized carbons (Fsp3) is 0.333. The van der Waals surface area contributed by atoms with Gasteiger partial charge in [0.25, 0.3) is 0 Å². The molecule has 0 saturated heterocycles. The molecule has 0 amide bonds. The summed E-state index contributed by atoms with van der Waals surface area (Å²) in [5.41, 5.74) is 9.71. The maximum absolute atomic E-state index is 5.34. The SMILES string of the molecule is C=C=CCCC.Cc1cn[c-]c(N)c1.[Es]. The molecular weight excluding hydrogens is 424 g/mol. The third kappa shape index (κ3) is 9.38. The smallest absolute Gasteiger partial charge is 0 e. The van der Waals surface area contributed by atoms with Crippen molar-refractivity contribution in [2.45, 2.75) is 26.7 Å². The van der Waals surface area contributed by atoms with Crippen molar-refractivity contribution in [1.82, 2.24) is 4.98 Å². The topological polar surface area (TPSA) is 38.9 Å². The summed E-state index contributed by atoms with van der Waals surface area (Å²) in [5, 5.41) is 0. The van der Waals surface area contributed by atoms with Gasteiger partial charge >= 0.3 is 0 Å². The minimum atomic E-state index is 0. The first kappa shape index (κ1) is 15.0. The van der Waals surface area contributed by atoms with E-state index in [4.69, 9.17) is 5.73 Å². The van der Waals surface area contributed by atoms with Crippen molar-refractivity contribution in [3.63, 3.8) is 0 Å². The molecule has 2 N–H and O–H groups in total. The van der Waals surface area contributed by atoms with E-state index >= 15 is 0 Å². The summed E-state index contributed by atoms with van der Waals surface area (Å²) >= 11 is 0. The van der Waals surface area contributed by atoms with Gasteiger partial charge in [0.05, 0.1) is 0 Å². The Morgan fingerprint density at radius 1 is 1.67 bits per heavy atom. The van der Waals surface area contributed by atoms with Crippen LogP contribution in [-0.2, 0) is 0 Å². The molecule has 0 aliphatic heterocycles. The number of hydrogen-bond acceptors (Lipinski definition) is 2. The van der Waals surface area contributed by atoms with Crippen molar-refractivity contribution < 1.29 is 0 Å². The number of hydrogen-bond donors (Lipinski definition) is 1. The van der Waals surface area contributed by atoms with Crippen molar-refractivity contribution in [1.29, 1.82) is 0 Å². The Kier molecular flexibility index (Phi) is 9.54. The van der Waals surface area contributed by atoms with Gasteiger partial charge in [0.2, 0.25) is 0 Å². The molecule has 1 rings (SSSR count). The molecular formula is C12H17EsN2-. The summed E-state index contributed by atoms with van der Waals surface area (Å²) in [6.07, 6.45) is 8.57. The fourth-order valence-electron chi connectivity index (χ4n) is 0.770. The van der Waals surface area contributed by atoms with Crippen molar-refractivity contribution in [2.24, 2.45) is 0 Å². The minimum Gasteiger partial charge on any atom is -0.418 e. The van der Waals surface area contributed by atoms with E-state index in [1.54, 1.807) is 6.20 Å². The molecule has 0 saturated carbocycles. The summed E-state index contributed by atoms with van der Waals surface area (Å²) in [6.45, 7) is 7.49. The third-order valence-corrected chi connectivity index (χ3v) is 1.42. The van der Waals surface area contributed by atoms with Gasteiger partial charge in [0.15, 0.2) is 0 Å². The first-order valence-electron chi connectivity index (χ1n) is 4.64. The Balaban J connectivity index is 0. The molecule has 2 nitrogen and oxygen atoms in total. The summed E-state index contributed by atoms with van der Waals surface area (Å²) in [6, 6.07) is 1.83. The van der Waals surface area contributed by atoms with Crippen LogP contribution >= 0.6 is 0 Å². The number of rotatable bonds is 2. The van der Waals surface area contributed by atoms with E-state index in [0.29, 0.717) is 5.69 Å². The number of nitrogens with zero attached hydrogens (tertiary/aromatic N) is 1. The van der Waals surface area contributed by atoms with Gasteiger partial charge in [0, 0.05) is 0 Å². The van der Waals surface area contributed by atoms with E-state index in [9.17, 15) is 0 Å². The molecule has 1 aromatic rings. The van der Waals surface area contributed by atoms with Crippen LogP contribution in [0.3, 0.4) is 0 Å². The van der Waals surface area contributed by atoms with Gasteiger partial charge in [-0.15, -0.1) is 17.4 Å². The molecule has 0 fully saturated rings. The monoisotopic (exact) mass is 441 g/mol. The molecule has 87 valence electrons. The number of aromatic nitrogens is 1. The van der Waals surface area contributed by atoms with Crippen LogP contribution in [0.4, 0.5) is 5.69 Å². The quantitative estimate of drug-likeness (QED) is 0.567. The Hall–Kier alpha value is -2.53. The molecule has 0 unspecified atom stereocenters. The van der Waals surface area contributed by atoms with Gasteiger partial charge in [-0.2, -0.15) is 0 Å². The Bertz CT molecular complexity index is 287. The number of pyridine rings is 1. The number of nitrogens with two attached hydrogens (primary N) is 1. The molecule has 0 aliphatic rings. The van der Waals surface area contributed by atoms with Crippen LogP contribution < -0.4 is 5.73 Å². The van der Waals surface area contributed by atoms with Gasteiger partial charge < -0.3 is 10.7 Å². The predicted molar refractivity (Wildman–Crippen MR) is 60.8 cm³/mol. The fourth-order valence-corrected chi connectivity index (χ4v) is 0.770. The van der Waals surface area contributed by atoms with Gasteiger partial charge in [0.1, 0.15) is 0 Å². The Morgan fingerprint density at radius 3 is 2.60 bits per heavy atom. The summed E-state index contributed by atoms with van der Waals surface area (Å²) in [5.74, 6) is 0. The van der Waals surface area contributed by atoms with E-state index in [2.05, 4.69) is 30.4 Å². The van der Waals surface area contributed by atoms with Gasteiger partial charge in [-0.25, -0.2) is 0 Å². The Labute approximate surface area is 86.2 Å². The third-order valence-electron chi connectivity index (χ3n) is 1.42. The predicted octanol–water partition coefficient (Wildman–Crippen LogP) is 2.90. The van der Waals surface area contributed by atoms with Crippen LogP contribution in [0.5, 0.6) is 0 Å². The van der Waals surface area contributed by atoms with Gasteiger partial charge in [-0.3, -0.25) is 0 Å². The van der Waals surface area contributed by atoms with Crippen LogP contribution in [0.2, 0.25) is 0 Å². The largest absolute Gasteiger partial charge is 0.418 e. The number of unbranched alkanes of at least 4 members (excludes halogenated alkanes) is 1. The van der Waals surface area contributed by atoms with Crippen LogP contribution in [0.15, 0.2) is 30.6 Å². The molecule has 0 aromatic carbocycles. The summed E-state index contributed by atoms with van der Waals surface area (Å²) < 4.78 is 0. The number of anilines is 1. The van der Waals surface area contributed by atoms with Crippen LogP contribution in [0.1, 0.15) is 25.3 Å². The molecule has 1 radical (unpaired) electrons. The molecule has 0 spiro atoms. The van der Waals surface area contributed by atoms with E-state index in [-0.39, 0.29) is 0 Å². The van der Waals surface area contributed by atoms with E-state index in [0.717, 1.165) is 12.0 Å². The molecule has 0 bridgehead atoms. The second-order valence-electron chi connectivity index (χ2n) is 2.91. The maximum Gasteiger partial charge on any atom is 0 e. The first-order chi connectivity index (χ1) is 6.70. The van der Waals surface area contributed by atoms with Crippen LogP contribution in [0, 0.1) is 13.1 Å². The normalized spacial score (nSPS) is 7.60. The first-order valence-corrected chi connectivity index (χ1v) is 4.64. The van der Waals surface area contributed by atoms with Crippen molar-refractivity contribution in [2.75, 3.05) is 5.73 Å². The van der Waals surface area contributed by atoms with Crippen molar-refractivity contribution in [3.8, 4) is 0 Å². The van der Waals surface area contributed by atoms with E-state index < -0.39 is 0 Å². The molecule has 1 aromatic heterocycles. The summed E-state index contributed by atoms with van der Waals surface area (Å²) in [4.78, 5) is 3.73. The average molecular weight is 441 g/mol.